The Morgan fingerprint density at radius 3 is 2.68 bits per heavy atom. The van der Waals surface area contributed by atoms with E-state index < -0.39 is 23.3 Å². The van der Waals surface area contributed by atoms with Crippen molar-refractivity contribution in [2.45, 2.75) is 64.0 Å². The van der Waals surface area contributed by atoms with Gasteiger partial charge in [0.05, 0.1) is 0 Å². The van der Waals surface area contributed by atoms with Gasteiger partial charge in [-0.1, -0.05) is 38.3 Å². The van der Waals surface area contributed by atoms with Crippen LogP contribution in [0.2, 0.25) is 0 Å². The van der Waals surface area contributed by atoms with Crippen molar-refractivity contribution in [2.75, 3.05) is 6.54 Å². The first-order valence-corrected chi connectivity index (χ1v) is 10.0. The molecule has 1 saturated carbocycles. The van der Waals surface area contributed by atoms with E-state index in [1.165, 1.54) is 24.3 Å². The molecule has 1 heterocycles. The van der Waals surface area contributed by atoms with Crippen molar-refractivity contribution in [1.29, 1.82) is 0 Å². The average Bonchev–Trinajstić information content (AvgIpc) is 3.18. The van der Waals surface area contributed by atoms with Crippen LogP contribution in [-0.4, -0.2) is 35.3 Å². The Labute approximate surface area is 164 Å². The van der Waals surface area contributed by atoms with E-state index in [1.54, 1.807) is 6.92 Å². The number of hydrogen-bond donors (Lipinski definition) is 2. The molecular formula is C21H28FN3O3. The minimum atomic E-state index is -1.30. The molecule has 3 rings (SSSR count). The second kappa shape index (κ2) is 8.29. The average molecular weight is 389 g/mol. The zero-order valence-corrected chi connectivity index (χ0v) is 16.5. The van der Waals surface area contributed by atoms with E-state index in [4.69, 9.17) is 0 Å². The smallest absolute Gasteiger partial charge is 0.325 e. The fraction of sp³-hybridized carbons (Fsp3) is 0.571. The Kier molecular flexibility index (Phi) is 6.01. The number of halogens is 1. The number of urea groups is 1. The zero-order valence-electron chi connectivity index (χ0n) is 16.5. The minimum absolute atomic E-state index is 0.114. The highest BCUT2D eigenvalue weighted by atomic mass is 19.1. The first kappa shape index (κ1) is 20.3. The summed E-state index contributed by atoms with van der Waals surface area (Å²) in [6, 6.07) is 4.92. The maximum atomic E-state index is 13.2. The molecule has 2 N–H and O–H groups in total. The lowest BCUT2D eigenvalue weighted by molar-refractivity contribution is -0.135. The quantitative estimate of drug-likeness (QED) is 0.704. The summed E-state index contributed by atoms with van der Waals surface area (Å²) in [5.74, 6) is -0.778. The highest BCUT2D eigenvalue weighted by Crippen LogP contribution is 2.31. The summed E-state index contributed by atoms with van der Waals surface area (Å²) in [4.78, 5) is 38.7. The highest BCUT2D eigenvalue weighted by molar-refractivity contribution is 6.09. The van der Waals surface area contributed by atoms with Gasteiger partial charge in [-0.25, -0.2) is 9.18 Å². The van der Waals surface area contributed by atoms with Crippen LogP contribution in [0.15, 0.2) is 24.3 Å². The van der Waals surface area contributed by atoms with Gasteiger partial charge in [0.2, 0.25) is 5.91 Å². The first-order valence-electron chi connectivity index (χ1n) is 10.0. The maximum Gasteiger partial charge on any atom is 0.325 e. The number of amides is 4. The summed E-state index contributed by atoms with van der Waals surface area (Å²) in [6.45, 7) is 3.41. The molecule has 152 valence electrons. The third-order valence-electron chi connectivity index (χ3n) is 5.93. The van der Waals surface area contributed by atoms with Crippen LogP contribution in [0.3, 0.4) is 0 Å². The van der Waals surface area contributed by atoms with Gasteiger partial charge in [0.15, 0.2) is 0 Å². The van der Waals surface area contributed by atoms with E-state index >= 15 is 0 Å². The normalized spacial score (nSPS) is 27.2. The van der Waals surface area contributed by atoms with Gasteiger partial charge in [0.25, 0.3) is 5.91 Å². The fourth-order valence-electron chi connectivity index (χ4n) is 4.25. The molecule has 4 amide bonds. The second-order valence-electron chi connectivity index (χ2n) is 7.96. The molecule has 3 unspecified atom stereocenters. The number of benzene rings is 1. The van der Waals surface area contributed by atoms with E-state index in [0.717, 1.165) is 43.4 Å². The van der Waals surface area contributed by atoms with Gasteiger partial charge in [-0.2, -0.15) is 0 Å². The standard InChI is InChI=1S/C21H28FN3O3/c1-3-4-6-14-7-5-8-17(14)23-18(26)13-25-19(27)21(2,24-20(25)28)15-9-11-16(22)12-10-15/h9-12,14,17H,3-8,13H2,1-2H3,(H,23,26)(H,24,28). The number of nitrogens with one attached hydrogen (secondary N) is 2. The number of hydrogen-bond acceptors (Lipinski definition) is 3. The molecule has 28 heavy (non-hydrogen) atoms. The number of unbranched alkanes of at least 4 members (excludes halogenated alkanes) is 1. The minimum Gasteiger partial charge on any atom is -0.352 e. The van der Waals surface area contributed by atoms with Crippen molar-refractivity contribution in [2.24, 2.45) is 5.92 Å². The molecule has 0 bridgehead atoms. The van der Waals surface area contributed by atoms with Gasteiger partial charge < -0.3 is 10.6 Å². The van der Waals surface area contributed by atoms with E-state index in [-0.39, 0.29) is 18.5 Å². The van der Waals surface area contributed by atoms with Gasteiger partial charge in [-0.05, 0) is 49.8 Å². The third-order valence-corrected chi connectivity index (χ3v) is 5.93. The largest absolute Gasteiger partial charge is 0.352 e. The molecule has 0 radical (unpaired) electrons. The Bertz CT molecular complexity index is 752. The lowest BCUT2D eigenvalue weighted by atomic mass is 9.92. The highest BCUT2D eigenvalue weighted by Gasteiger charge is 2.49. The third kappa shape index (κ3) is 4.03. The summed E-state index contributed by atoms with van der Waals surface area (Å²) in [7, 11) is 0. The number of carbonyl (C=O) groups excluding carboxylic acids is 3. The molecule has 1 aliphatic heterocycles. The Hall–Kier alpha value is -2.44. The molecule has 3 atom stereocenters. The molecule has 6 nitrogen and oxygen atoms in total. The second-order valence-corrected chi connectivity index (χ2v) is 7.96. The summed E-state index contributed by atoms with van der Waals surface area (Å²) < 4.78 is 13.2. The van der Waals surface area contributed by atoms with Crippen LogP contribution < -0.4 is 10.6 Å². The SMILES string of the molecule is CCCCC1CCCC1NC(=O)CN1C(=O)NC(C)(c2ccc(F)cc2)C1=O. The van der Waals surface area contributed by atoms with E-state index in [1.807, 2.05) is 0 Å². The van der Waals surface area contributed by atoms with Gasteiger partial charge in [0.1, 0.15) is 17.9 Å². The Morgan fingerprint density at radius 1 is 1.29 bits per heavy atom. The van der Waals surface area contributed by atoms with Gasteiger partial charge >= 0.3 is 6.03 Å². The van der Waals surface area contributed by atoms with Crippen LogP contribution in [0.25, 0.3) is 0 Å². The van der Waals surface area contributed by atoms with Crippen molar-refractivity contribution >= 4 is 17.8 Å². The van der Waals surface area contributed by atoms with Crippen LogP contribution in [0.4, 0.5) is 9.18 Å². The predicted molar refractivity (Wildman–Crippen MR) is 103 cm³/mol. The number of rotatable bonds is 7. The van der Waals surface area contributed by atoms with Gasteiger partial charge in [-0.15, -0.1) is 0 Å². The van der Waals surface area contributed by atoms with E-state index in [9.17, 15) is 18.8 Å². The Morgan fingerprint density at radius 2 is 2.00 bits per heavy atom. The molecule has 1 aliphatic carbocycles. The van der Waals surface area contributed by atoms with Crippen molar-refractivity contribution in [3.8, 4) is 0 Å². The first-order chi connectivity index (χ1) is 13.3. The number of nitrogens with zero attached hydrogens (tertiary/aromatic N) is 1. The van der Waals surface area contributed by atoms with Crippen LogP contribution in [0, 0.1) is 11.7 Å². The van der Waals surface area contributed by atoms with Crippen LogP contribution in [-0.2, 0) is 15.1 Å². The van der Waals surface area contributed by atoms with Crippen LogP contribution in [0.5, 0.6) is 0 Å². The van der Waals surface area contributed by atoms with Gasteiger partial charge in [-0.3, -0.25) is 14.5 Å². The van der Waals surface area contributed by atoms with E-state index in [2.05, 4.69) is 17.6 Å². The van der Waals surface area contributed by atoms with Crippen molar-refractivity contribution in [3.05, 3.63) is 35.6 Å². The maximum absolute atomic E-state index is 13.2. The predicted octanol–water partition coefficient (Wildman–Crippen LogP) is 3.07. The monoisotopic (exact) mass is 389 g/mol. The summed E-state index contributed by atoms with van der Waals surface area (Å²) in [6.07, 6.45) is 6.49. The molecule has 1 aromatic carbocycles. The lowest BCUT2D eigenvalue weighted by Crippen LogP contribution is -2.46. The summed E-state index contributed by atoms with van der Waals surface area (Å²) in [5.41, 5.74) is -0.826. The molecule has 2 aliphatic rings. The number of imide groups is 1. The van der Waals surface area contributed by atoms with Crippen molar-refractivity contribution in [1.82, 2.24) is 15.5 Å². The molecule has 1 saturated heterocycles. The van der Waals surface area contributed by atoms with Gasteiger partial charge in [0, 0.05) is 6.04 Å². The summed E-state index contributed by atoms with van der Waals surface area (Å²) in [5, 5.41) is 5.65. The summed E-state index contributed by atoms with van der Waals surface area (Å²) >= 11 is 0. The van der Waals surface area contributed by atoms with Crippen molar-refractivity contribution in [3.63, 3.8) is 0 Å². The molecule has 0 spiro atoms. The molecule has 2 fully saturated rings. The zero-order chi connectivity index (χ0) is 20.3. The van der Waals surface area contributed by atoms with E-state index in [0.29, 0.717) is 11.5 Å². The van der Waals surface area contributed by atoms with Crippen molar-refractivity contribution < 1.29 is 18.8 Å². The molecule has 7 heteroatoms. The topological polar surface area (TPSA) is 78.5 Å². The fourth-order valence-corrected chi connectivity index (χ4v) is 4.25. The molecule has 1 aromatic rings. The lowest BCUT2D eigenvalue weighted by Gasteiger charge is -2.23. The van der Waals surface area contributed by atoms with Crippen LogP contribution >= 0.6 is 0 Å². The molecule has 0 aromatic heterocycles. The molecular weight excluding hydrogens is 361 g/mol. The number of carbonyl (C=O) groups is 3. The van der Waals surface area contributed by atoms with Crippen LogP contribution in [0.1, 0.15) is 57.9 Å². The Balaban J connectivity index is 1.64.